The minimum Gasteiger partial charge on any atom is -0.497 e. The highest BCUT2D eigenvalue weighted by Crippen LogP contribution is 2.38. The van der Waals surface area contributed by atoms with Crippen molar-refractivity contribution < 1.29 is 18.7 Å². The summed E-state index contributed by atoms with van der Waals surface area (Å²) in [6.07, 6.45) is 2.23. The number of hydrazone groups is 1. The fourth-order valence-corrected chi connectivity index (χ4v) is 4.92. The van der Waals surface area contributed by atoms with E-state index in [9.17, 15) is 9.59 Å². The van der Waals surface area contributed by atoms with Gasteiger partial charge in [0.25, 0.3) is 5.91 Å². The van der Waals surface area contributed by atoms with Crippen LogP contribution >= 0.6 is 11.8 Å². The first-order valence-corrected chi connectivity index (χ1v) is 11.7. The van der Waals surface area contributed by atoms with Crippen molar-refractivity contribution in [1.29, 1.82) is 0 Å². The SMILES string of the molecule is COc1ccc(C2=NN(C3=NC(=O)C(CC(=O)Nc4ccccc4)S3)C(c3ccco3)C2)cc1. The van der Waals surface area contributed by atoms with Gasteiger partial charge >= 0.3 is 0 Å². The molecule has 2 unspecified atom stereocenters. The molecule has 172 valence electrons. The average Bonchev–Trinajstić information content (AvgIpc) is 3.60. The van der Waals surface area contributed by atoms with E-state index in [0.717, 1.165) is 22.8 Å². The van der Waals surface area contributed by atoms with E-state index in [1.807, 2.05) is 54.6 Å². The van der Waals surface area contributed by atoms with Crippen LogP contribution in [0.2, 0.25) is 0 Å². The molecule has 1 N–H and O–H groups in total. The molecule has 1 aromatic heterocycles. The largest absolute Gasteiger partial charge is 0.497 e. The zero-order valence-electron chi connectivity index (χ0n) is 18.4. The molecule has 2 aromatic carbocycles. The van der Waals surface area contributed by atoms with E-state index < -0.39 is 5.25 Å². The Balaban J connectivity index is 1.33. The van der Waals surface area contributed by atoms with Crippen LogP contribution < -0.4 is 10.1 Å². The molecule has 5 rings (SSSR count). The number of benzene rings is 2. The number of amides is 2. The number of anilines is 1. The van der Waals surface area contributed by atoms with Crippen molar-refractivity contribution in [3.8, 4) is 5.75 Å². The molecular formula is C25H22N4O4S. The molecule has 3 aromatic rings. The lowest BCUT2D eigenvalue weighted by atomic mass is 10.0. The van der Waals surface area contributed by atoms with Crippen molar-refractivity contribution in [1.82, 2.24) is 5.01 Å². The minimum atomic E-state index is -0.601. The summed E-state index contributed by atoms with van der Waals surface area (Å²) < 4.78 is 10.9. The van der Waals surface area contributed by atoms with Gasteiger partial charge in [-0.05, 0) is 54.1 Å². The van der Waals surface area contributed by atoms with Gasteiger partial charge in [0.05, 0.1) is 19.1 Å². The highest BCUT2D eigenvalue weighted by molar-refractivity contribution is 8.15. The third-order valence-corrected chi connectivity index (χ3v) is 6.70. The number of thioether (sulfide) groups is 1. The molecule has 3 heterocycles. The normalized spacial score (nSPS) is 19.7. The van der Waals surface area contributed by atoms with Gasteiger partial charge < -0.3 is 14.5 Å². The Bertz CT molecular complexity index is 1240. The van der Waals surface area contributed by atoms with E-state index in [4.69, 9.17) is 14.3 Å². The Hall–Kier alpha value is -3.85. The summed E-state index contributed by atoms with van der Waals surface area (Å²) in [4.78, 5) is 29.4. The molecule has 0 saturated carbocycles. The summed E-state index contributed by atoms with van der Waals surface area (Å²) in [7, 11) is 1.62. The van der Waals surface area contributed by atoms with Crippen LogP contribution in [0.25, 0.3) is 0 Å². The van der Waals surface area contributed by atoms with E-state index >= 15 is 0 Å². The van der Waals surface area contributed by atoms with Gasteiger partial charge in [-0.2, -0.15) is 10.1 Å². The van der Waals surface area contributed by atoms with Crippen molar-refractivity contribution in [2.45, 2.75) is 24.1 Å². The lowest BCUT2D eigenvalue weighted by Crippen LogP contribution is -2.24. The van der Waals surface area contributed by atoms with E-state index in [2.05, 4.69) is 10.3 Å². The van der Waals surface area contributed by atoms with Crippen molar-refractivity contribution >= 4 is 40.1 Å². The smallest absolute Gasteiger partial charge is 0.262 e. The van der Waals surface area contributed by atoms with Gasteiger partial charge in [0.15, 0.2) is 5.17 Å². The molecule has 34 heavy (non-hydrogen) atoms. The molecule has 0 bridgehead atoms. The maximum Gasteiger partial charge on any atom is 0.262 e. The number of carbonyl (C=O) groups excluding carboxylic acids is 2. The summed E-state index contributed by atoms with van der Waals surface area (Å²) in [6.45, 7) is 0. The van der Waals surface area contributed by atoms with Crippen LogP contribution in [0.1, 0.15) is 30.2 Å². The molecule has 0 radical (unpaired) electrons. The van der Waals surface area contributed by atoms with Gasteiger partial charge in [0.1, 0.15) is 22.8 Å². The van der Waals surface area contributed by atoms with Crippen LogP contribution in [0.5, 0.6) is 5.75 Å². The molecule has 0 spiro atoms. The Morgan fingerprint density at radius 1 is 1.15 bits per heavy atom. The van der Waals surface area contributed by atoms with Crippen LogP contribution in [0.4, 0.5) is 5.69 Å². The molecule has 2 amide bonds. The Labute approximate surface area is 200 Å². The number of rotatable bonds is 6. The van der Waals surface area contributed by atoms with Crippen LogP contribution in [0.15, 0.2) is 87.5 Å². The second-order valence-corrected chi connectivity index (χ2v) is 8.98. The molecule has 0 saturated heterocycles. The summed E-state index contributed by atoms with van der Waals surface area (Å²) in [5.41, 5.74) is 2.49. The molecule has 8 nitrogen and oxygen atoms in total. The summed E-state index contributed by atoms with van der Waals surface area (Å²) in [5.74, 6) is 0.919. The van der Waals surface area contributed by atoms with Crippen molar-refractivity contribution in [2.24, 2.45) is 10.1 Å². The zero-order chi connectivity index (χ0) is 23.5. The third-order valence-electron chi connectivity index (χ3n) is 5.56. The molecule has 2 aliphatic heterocycles. The van der Waals surface area contributed by atoms with E-state index in [-0.39, 0.29) is 24.3 Å². The number of hydrogen-bond donors (Lipinski definition) is 1. The predicted octanol–water partition coefficient (Wildman–Crippen LogP) is 4.47. The van der Waals surface area contributed by atoms with Gasteiger partial charge in [-0.1, -0.05) is 30.0 Å². The van der Waals surface area contributed by atoms with Gasteiger partial charge in [0, 0.05) is 18.5 Å². The van der Waals surface area contributed by atoms with E-state index in [1.165, 1.54) is 11.8 Å². The number of amidine groups is 1. The Kier molecular flexibility index (Phi) is 6.18. The zero-order valence-corrected chi connectivity index (χ0v) is 19.2. The topological polar surface area (TPSA) is 96.5 Å². The lowest BCUT2D eigenvalue weighted by molar-refractivity contribution is -0.121. The highest BCUT2D eigenvalue weighted by Gasteiger charge is 2.40. The number of ether oxygens (including phenoxy) is 1. The number of methoxy groups -OCH3 is 1. The molecule has 9 heteroatoms. The highest BCUT2D eigenvalue weighted by atomic mass is 32.2. The molecule has 0 fully saturated rings. The van der Waals surface area contributed by atoms with Gasteiger partial charge in [-0.3, -0.25) is 9.59 Å². The minimum absolute atomic E-state index is 0.0275. The lowest BCUT2D eigenvalue weighted by Gasteiger charge is -2.20. The number of furan rings is 1. The maximum atomic E-state index is 12.6. The first-order valence-electron chi connectivity index (χ1n) is 10.8. The van der Waals surface area contributed by atoms with E-state index in [1.54, 1.807) is 30.5 Å². The van der Waals surface area contributed by atoms with Gasteiger partial charge in [-0.25, -0.2) is 5.01 Å². The predicted molar refractivity (Wildman–Crippen MR) is 131 cm³/mol. The van der Waals surface area contributed by atoms with Gasteiger partial charge in [0.2, 0.25) is 5.91 Å². The first-order chi connectivity index (χ1) is 16.6. The van der Waals surface area contributed by atoms with Gasteiger partial charge in [-0.15, -0.1) is 0 Å². The maximum absolute atomic E-state index is 12.6. The third kappa shape index (κ3) is 4.60. The average molecular weight is 475 g/mol. The summed E-state index contributed by atoms with van der Waals surface area (Å²) in [5, 5.41) is 9.21. The number of aliphatic imine (C=N–C) groups is 1. The van der Waals surface area contributed by atoms with Crippen molar-refractivity contribution in [2.75, 3.05) is 12.4 Å². The van der Waals surface area contributed by atoms with Crippen LogP contribution in [-0.4, -0.2) is 40.1 Å². The quantitative estimate of drug-likeness (QED) is 0.566. The Morgan fingerprint density at radius 3 is 2.65 bits per heavy atom. The fraction of sp³-hybridized carbons (Fsp3) is 0.200. The molecule has 2 aliphatic rings. The molecular weight excluding hydrogens is 452 g/mol. The second kappa shape index (κ2) is 9.56. The second-order valence-electron chi connectivity index (χ2n) is 7.81. The number of carbonyl (C=O) groups is 2. The summed E-state index contributed by atoms with van der Waals surface area (Å²) in [6, 6.07) is 20.3. The fourth-order valence-electron chi connectivity index (χ4n) is 3.85. The molecule has 2 atom stereocenters. The molecule has 0 aliphatic carbocycles. The number of hydrogen-bond acceptors (Lipinski definition) is 7. The standard InChI is InChI=1S/C25H22N4O4S/c1-32-18-11-9-16(10-12-18)19-14-20(21-8-5-13-33-21)29(28-19)25-27-24(31)22(34-25)15-23(30)26-17-6-3-2-4-7-17/h2-13,20,22H,14-15H2,1H3,(H,26,30). The van der Waals surface area contributed by atoms with E-state index in [0.29, 0.717) is 17.3 Å². The number of nitrogens with one attached hydrogen (secondary N) is 1. The number of nitrogens with zero attached hydrogens (tertiary/aromatic N) is 3. The van der Waals surface area contributed by atoms with Crippen LogP contribution in [0, 0.1) is 0 Å². The van der Waals surface area contributed by atoms with Crippen molar-refractivity contribution in [3.05, 3.63) is 84.3 Å². The summed E-state index contributed by atoms with van der Waals surface area (Å²) >= 11 is 1.26. The monoisotopic (exact) mass is 474 g/mol. The van der Waals surface area contributed by atoms with Crippen molar-refractivity contribution in [3.63, 3.8) is 0 Å². The van der Waals surface area contributed by atoms with Crippen LogP contribution in [-0.2, 0) is 9.59 Å². The first kappa shape index (κ1) is 22.0. The Morgan fingerprint density at radius 2 is 1.94 bits per heavy atom. The number of para-hydroxylation sites is 1. The van der Waals surface area contributed by atoms with Crippen LogP contribution in [0.3, 0.4) is 0 Å².